The van der Waals surface area contributed by atoms with Crippen LogP contribution < -0.4 is 0 Å². The molecule has 0 saturated heterocycles. The minimum Gasteiger partial charge on any atom is -0.207 e. The molecule has 6 heteroatoms. The Morgan fingerprint density at radius 2 is 2.00 bits per heavy atom. The third-order valence-corrected chi connectivity index (χ3v) is 8.27. The van der Waals surface area contributed by atoms with E-state index in [0.29, 0.717) is 21.8 Å². The Morgan fingerprint density at radius 3 is 2.62 bits per heavy atom. The van der Waals surface area contributed by atoms with Crippen LogP contribution in [-0.4, -0.2) is 26.3 Å². The molecule has 1 aromatic rings. The van der Waals surface area contributed by atoms with Crippen LogP contribution in [0.15, 0.2) is 32.0 Å². The van der Waals surface area contributed by atoms with E-state index in [1.165, 1.54) is 30.0 Å². The molecule has 3 atom stereocenters. The third kappa shape index (κ3) is 3.09. The summed E-state index contributed by atoms with van der Waals surface area (Å²) in [6.07, 6.45) is 5.13. The van der Waals surface area contributed by atoms with Gasteiger partial charge in [-0.15, -0.1) is 0 Å². The molecular formula is C15H19Br2NO2S. The van der Waals surface area contributed by atoms with Crippen molar-refractivity contribution in [3.05, 3.63) is 27.1 Å². The second-order valence-electron chi connectivity index (χ2n) is 6.30. The molecule has 21 heavy (non-hydrogen) atoms. The molecule has 0 N–H and O–H groups in total. The van der Waals surface area contributed by atoms with Crippen molar-refractivity contribution in [2.75, 3.05) is 13.6 Å². The number of hydrogen-bond acceptors (Lipinski definition) is 2. The highest BCUT2D eigenvalue weighted by Crippen LogP contribution is 2.48. The first-order valence-electron chi connectivity index (χ1n) is 7.29. The van der Waals surface area contributed by atoms with Gasteiger partial charge in [0, 0.05) is 22.5 Å². The quantitative estimate of drug-likeness (QED) is 0.706. The van der Waals surface area contributed by atoms with Crippen LogP contribution >= 0.6 is 31.9 Å². The summed E-state index contributed by atoms with van der Waals surface area (Å²) in [7, 11) is -1.74. The second kappa shape index (κ2) is 5.95. The summed E-state index contributed by atoms with van der Waals surface area (Å²) < 4.78 is 28.5. The molecule has 3 unspecified atom stereocenters. The van der Waals surface area contributed by atoms with Gasteiger partial charge in [0.15, 0.2) is 0 Å². The molecule has 116 valence electrons. The van der Waals surface area contributed by atoms with Crippen molar-refractivity contribution < 1.29 is 8.42 Å². The van der Waals surface area contributed by atoms with Gasteiger partial charge in [-0.1, -0.05) is 22.4 Å². The van der Waals surface area contributed by atoms with E-state index in [0.717, 1.165) is 16.3 Å². The molecule has 0 aliphatic heterocycles. The lowest BCUT2D eigenvalue weighted by Crippen LogP contribution is -2.34. The van der Waals surface area contributed by atoms with Crippen LogP contribution in [-0.2, 0) is 10.0 Å². The van der Waals surface area contributed by atoms with Crippen molar-refractivity contribution in [2.24, 2.45) is 17.8 Å². The SMILES string of the molecule is CN(CC1CC2CCC1C2)S(=O)(=O)c1cc(Br)ccc1Br. The highest BCUT2D eigenvalue weighted by molar-refractivity contribution is 9.11. The topological polar surface area (TPSA) is 37.4 Å². The second-order valence-corrected chi connectivity index (χ2v) is 10.1. The lowest BCUT2D eigenvalue weighted by Gasteiger charge is -2.27. The van der Waals surface area contributed by atoms with Crippen LogP contribution in [0.2, 0.25) is 0 Å². The number of sulfonamides is 1. The lowest BCUT2D eigenvalue weighted by molar-refractivity contribution is 0.280. The van der Waals surface area contributed by atoms with E-state index in [4.69, 9.17) is 0 Å². The molecule has 2 aliphatic carbocycles. The zero-order valence-electron chi connectivity index (χ0n) is 11.9. The minimum atomic E-state index is -3.44. The first-order chi connectivity index (χ1) is 9.88. The van der Waals surface area contributed by atoms with Crippen LogP contribution in [0, 0.1) is 17.8 Å². The molecule has 2 bridgehead atoms. The Hall–Kier alpha value is 0.0900. The maximum Gasteiger partial charge on any atom is 0.243 e. The van der Waals surface area contributed by atoms with Gasteiger partial charge in [-0.25, -0.2) is 12.7 Å². The van der Waals surface area contributed by atoms with Crippen molar-refractivity contribution in [3.63, 3.8) is 0 Å². The van der Waals surface area contributed by atoms with Crippen LogP contribution in [0.5, 0.6) is 0 Å². The number of fused-ring (bicyclic) bond motifs is 2. The highest BCUT2D eigenvalue weighted by Gasteiger charge is 2.41. The van der Waals surface area contributed by atoms with Gasteiger partial charge in [-0.05, 0) is 71.1 Å². The Bertz CT molecular complexity index is 647. The van der Waals surface area contributed by atoms with E-state index in [2.05, 4.69) is 31.9 Å². The Balaban J connectivity index is 1.79. The number of rotatable bonds is 4. The van der Waals surface area contributed by atoms with Gasteiger partial charge >= 0.3 is 0 Å². The number of hydrogen-bond donors (Lipinski definition) is 0. The van der Waals surface area contributed by atoms with Crippen LogP contribution in [0.3, 0.4) is 0 Å². The Kier molecular flexibility index (Phi) is 4.52. The minimum absolute atomic E-state index is 0.336. The smallest absolute Gasteiger partial charge is 0.207 e. The first-order valence-corrected chi connectivity index (χ1v) is 10.3. The van der Waals surface area contributed by atoms with E-state index < -0.39 is 10.0 Å². The Labute approximate surface area is 143 Å². The lowest BCUT2D eigenvalue weighted by atomic mass is 9.89. The molecule has 2 saturated carbocycles. The molecule has 0 radical (unpaired) electrons. The van der Waals surface area contributed by atoms with Crippen molar-refractivity contribution in [2.45, 2.75) is 30.6 Å². The summed E-state index contributed by atoms with van der Waals surface area (Å²) in [5.41, 5.74) is 0. The maximum atomic E-state index is 12.8. The van der Waals surface area contributed by atoms with Gasteiger partial charge < -0.3 is 0 Å². The van der Waals surface area contributed by atoms with Crippen molar-refractivity contribution in [1.82, 2.24) is 4.31 Å². The summed E-state index contributed by atoms with van der Waals surface area (Å²) in [6.45, 7) is 0.641. The summed E-state index contributed by atoms with van der Waals surface area (Å²) >= 11 is 6.70. The van der Waals surface area contributed by atoms with Crippen LogP contribution in [0.1, 0.15) is 25.7 Å². The maximum absolute atomic E-state index is 12.8. The standard InChI is InChI=1S/C15H19Br2NO2S/c1-18(9-12-7-10-2-3-11(12)6-10)21(19,20)15-8-13(16)4-5-14(15)17/h4-5,8,10-12H,2-3,6-7,9H2,1H3. The number of nitrogens with zero attached hydrogens (tertiary/aromatic N) is 1. The van der Waals surface area contributed by atoms with Gasteiger partial charge in [0.2, 0.25) is 10.0 Å². The number of halogens is 2. The fourth-order valence-corrected chi connectivity index (χ4v) is 6.56. The summed E-state index contributed by atoms with van der Waals surface area (Å²) in [6, 6.07) is 5.26. The van der Waals surface area contributed by atoms with E-state index in [1.54, 1.807) is 19.2 Å². The molecule has 2 fully saturated rings. The molecule has 2 aliphatic rings. The summed E-state index contributed by atoms with van der Waals surface area (Å²) in [4.78, 5) is 0.336. The van der Waals surface area contributed by atoms with E-state index in [9.17, 15) is 8.42 Å². The van der Waals surface area contributed by atoms with Crippen molar-refractivity contribution >= 4 is 41.9 Å². The fourth-order valence-electron chi connectivity index (χ4n) is 3.87. The van der Waals surface area contributed by atoms with Crippen molar-refractivity contribution in [3.8, 4) is 0 Å². The fraction of sp³-hybridized carbons (Fsp3) is 0.600. The van der Waals surface area contributed by atoms with Gasteiger partial charge in [-0.3, -0.25) is 0 Å². The molecule has 0 amide bonds. The monoisotopic (exact) mass is 435 g/mol. The van der Waals surface area contributed by atoms with Gasteiger partial charge in [0.25, 0.3) is 0 Å². The Morgan fingerprint density at radius 1 is 1.24 bits per heavy atom. The molecular weight excluding hydrogens is 418 g/mol. The van der Waals surface area contributed by atoms with Gasteiger partial charge in [0.05, 0.1) is 4.90 Å². The zero-order chi connectivity index (χ0) is 15.2. The van der Waals surface area contributed by atoms with Gasteiger partial charge in [-0.2, -0.15) is 0 Å². The van der Waals surface area contributed by atoms with Gasteiger partial charge in [0.1, 0.15) is 0 Å². The van der Waals surface area contributed by atoms with E-state index in [-0.39, 0.29) is 0 Å². The number of benzene rings is 1. The van der Waals surface area contributed by atoms with Crippen LogP contribution in [0.25, 0.3) is 0 Å². The van der Waals surface area contributed by atoms with E-state index >= 15 is 0 Å². The molecule has 0 spiro atoms. The summed E-state index contributed by atoms with van der Waals surface area (Å²) in [5.74, 6) is 2.11. The molecule has 1 aromatic carbocycles. The first kappa shape index (κ1) is 16.0. The average Bonchev–Trinajstić information content (AvgIpc) is 3.03. The largest absolute Gasteiger partial charge is 0.243 e. The normalized spacial score (nSPS) is 28.5. The van der Waals surface area contributed by atoms with Crippen LogP contribution in [0.4, 0.5) is 0 Å². The predicted molar refractivity (Wildman–Crippen MR) is 90.6 cm³/mol. The van der Waals surface area contributed by atoms with E-state index in [1.807, 2.05) is 6.07 Å². The molecule has 3 rings (SSSR count). The molecule has 3 nitrogen and oxygen atoms in total. The average molecular weight is 437 g/mol. The highest BCUT2D eigenvalue weighted by atomic mass is 79.9. The third-order valence-electron chi connectivity index (χ3n) is 4.96. The van der Waals surface area contributed by atoms with Crippen molar-refractivity contribution in [1.29, 1.82) is 0 Å². The zero-order valence-corrected chi connectivity index (χ0v) is 15.9. The molecule has 0 heterocycles. The molecule has 0 aromatic heterocycles. The summed E-state index contributed by atoms with van der Waals surface area (Å²) in [5, 5.41) is 0. The predicted octanol–water partition coefficient (Wildman–Crippen LogP) is 4.27.